The fourth-order valence-corrected chi connectivity index (χ4v) is 2.28. The fraction of sp³-hybridized carbons (Fsp3) is 0.647. The molecule has 3 nitrogen and oxygen atoms in total. The molecule has 114 valence electrons. The number of benzene rings is 1. The first-order chi connectivity index (χ1) is 8.96. The SMILES string of the molecule is CC(C)Oc1ccc(C[N+](C)(C)C)cc1C[N+](C)(C)C. The van der Waals surface area contributed by atoms with Gasteiger partial charge in [0.05, 0.1) is 48.4 Å². The highest BCUT2D eigenvalue weighted by Crippen LogP contribution is 2.25. The molecule has 0 unspecified atom stereocenters. The number of nitrogens with zero attached hydrogens (tertiary/aromatic N) is 2. The molecule has 0 aliphatic heterocycles. The molecule has 0 bridgehead atoms. The molecule has 0 radical (unpaired) electrons. The second-order valence-electron chi connectivity index (χ2n) is 8.01. The van der Waals surface area contributed by atoms with Crippen LogP contribution in [0.25, 0.3) is 0 Å². The summed E-state index contributed by atoms with van der Waals surface area (Å²) >= 11 is 0. The molecule has 0 aromatic heterocycles. The van der Waals surface area contributed by atoms with Crippen LogP contribution < -0.4 is 4.74 Å². The van der Waals surface area contributed by atoms with E-state index in [1.807, 2.05) is 0 Å². The Bertz CT molecular complexity index is 439. The normalized spacial score (nSPS) is 12.8. The Labute approximate surface area is 124 Å². The van der Waals surface area contributed by atoms with Crippen molar-refractivity contribution in [2.45, 2.75) is 33.0 Å². The largest absolute Gasteiger partial charge is 0.490 e. The molecule has 20 heavy (non-hydrogen) atoms. The van der Waals surface area contributed by atoms with Gasteiger partial charge in [-0.05, 0) is 32.0 Å². The van der Waals surface area contributed by atoms with E-state index >= 15 is 0 Å². The maximum Gasteiger partial charge on any atom is 0.128 e. The van der Waals surface area contributed by atoms with Crippen LogP contribution >= 0.6 is 0 Å². The van der Waals surface area contributed by atoms with Crippen molar-refractivity contribution in [1.82, 2.24) is 0 Å². The molecule has 3 heteroatoms. The molecule has 0 N–H and O–H groups in total. The van der Waals surface area contributed by atoms with E-state index in [1.165, 1.54) is 11.1 Å². The van der Waals surface area contributed by atoms with Crippen LogP contribution in [0.3, 0.4) is 0 Å². The van der Waals surface area contributed by atoms with E-state index in [9.17, 15) is 0 Å². The van der Waals surface area contributed by atoms with E-state index < -0.39 is 0 Å². The number of hydrogen-bond acceptors (Lipinski definition) is 1. The first kappa shape index (κ1) is 17.0. The van der Waals surface area contributed by atoms with Gasteiger partial charge in [-0.3, -0.25) is 0 Å². The smallest absolute Gasteiger partial charge is 0.128 e. The molecule has 0 saturated heterocycles. The highest BCUT2D eigenvalue weighted by molar-refractivity contribution is 5.37. The van der Waals surface area contributed by atoms with Crippen molar-refractivity contribution in [3.05, 3.63) is 29.3 Å². The molecule has 0 spiro atoms. The van der Waals surface area contributed by atoms with Crippen LogP contribution in [0, 0.1) is 0 Å². The second kappa shape index (κ2) is 6.15. The van der Waals surface area contributed by atoms with Crippen LogP contribution in [-0.4, -0.2) is 57.4 Å². The second-order valence-corrected chi connectivity index (χ2v) is 8.01. The van der Waals surface area contributed by atoms with Gasteiger partial charge in [-0.25, -0.2) is 0 Å². The lowest BCUT2D eigenvalue weighted by Gasteiger charge is -2.27. The lowest BCUT2D eigenvalue weighted by atomic mass is 10.1. The van der Waals surface area contributed by atoms with E-state index in [4.69, 9.17) is 4.74 Å². The van der Waals surface area contributed by atoms with Gasteiger partial charge in [-0.1, -0.05) is 0 Å². The summed E-state index contributed by atoms with van der Waals surface area (Å²) in [5, 5.41) is 0. The van der Waals surface area contributed by atoms with Gasteiger partial charge in [-0.2, -0.15) is 0 Å². The monoisotopic (exact) mass is 280 g/mol. The minimum Gasteiger partial charge on any atom is -0.490 e. The summed E-state index contributed by atoms with van der Waals surface area (Å²) in [7, 11) is 13.3. The van der Waals surface area contributed by atoms with Crippen molar-refractivity contribution in [3.63, 3.8) is 0 Å². The zero-order valence-corrected chi connectivity index (χ0v) is 14.5. The van der Waals surface area contributed by atoms with Crippen LogP contribution in [0.2, 0.25) is 0 Å². The Balaban J connectivity index is 3.08. The van der Waals surface area contributed by atoms with E-state index in [1.54, 1.807) is 0 Å². The van der Waals surface area contributed by atoms with Crippen LogP contribution in [0.4, 0.5) is 0 Å². The average molecular weight is 280 g/mol. The summed E-state index contributed by atoms with van der Waals surface area (Å²) in [5.74, 6) is 1.03. The van der Waals surface area contributed by atoms with Crippen LogP contribution in [-0.2, 0) is 13.1 Å². The molecule has 1 aromatic carbocycles. The standard InChI is InChI=1S/C17H32N2O/c1-14(2)20-17-10-9-15(12-18(3,4)5)11-16(17)13-19(6,7)8/h9-11,14H,12-13H2,1-8H3/q+2. The summed E-state index contributed by atoms with van der Waals surface area (Å²) in [5.41, 5.74) is 2.68. The Morgan fingerprint density at radius 1 is 0.900 bits per heavy atom. The fourth-order valence-electron chi connectivity index (χ4n) is 2.28. The van der Waals surface area contributed by atoms with Crippen LogP contribution in [0.1, 0.15) is 25.0 Å². The van der Waals surface area contributed by atoms with Gasteiger partial charge in [0.1, 0.15) is 18.8 Å². The minimum atomic E-state index is 0.213. The predicted molar refractivity (Wildman–Crippen MR) is 85.7 cm³/mol. The maximum absolute atomic E-state index is 5.96. The van der Waals surface area contributed by atoms with Gasteiger partial charge >= 0.3 is 0 Å². The van der Waals surface area contributed by atoms with Crippen molar-refractivity contribution < 1.29 is 13.7 Å². The van der Waals surface area contributed by atoms with E-state index in [0.29, 0.717) is 0 Å². The zero-order valence-electron chi connectivity index (χ0n) is 14.5. The highest BCUT2D eigenvalue weighted by atomic mass is 16.5. The number of quaternary nitrogens is 2. The predicted octanol–water partition coefficient (Wildman–Crippen LogP) is 2.89. The quantitative estimate of drug-likeness (QED) is 0.728. The third-order valence-corrected chi connectivity index (χ3v) is 2.79. The Morgan fingerprint density at radius 2 is 1.45 bits per heavy atom. The summed E-state index contributed by atoms with van der Waals surface area (Å²) < 4.78 is 7.80. The van der Waals surface area contributed by atoms with Crippen molar-refractivity contribution >= 4 is 0 Å². The molecule has 1 aromatic rings. The summed E-state index contributed by atoms with van der Waals surface area (Å²) in [6.45, 7) is 6.17. The Morgan fingerprint density at radius 3 is 1.90 bits per heavy atom. The van der Waals surface area contributed by atoms with Crippen molar-refractivity contribution in [1.29, 1.82) is 0 Å². The molecule has 0 amide bonds. The molecular formula is C17H32N2O+2. The maximum atomic E-state index is 5.96. The minimum absolute atomic E-state index is 0.213. The lowest BCUT2D eigenvalue weighted by Crippen LogP contribution is -2.34. The number of ether oxygens (including phenoxy) is 1. The van der Waals surface area contributed by atoms with E-state index in [-0.39, 0.29) is 6.10 Å². The van der Waals surface area contributed by atoms with Crippen molar-refractivity contribution in [2.24, 2.45) is 0 Å². The van der Waals surface area contributed by atoms with E-state index in [0.717, 1.165) is 27.8 Å². The summed E-state index contributed by atoms with van der Waals surface area (Å²) in [4.78, 5) is 0. The first-order valence-electron chi connectivity index (χ1n) is 7.36. The van der Waals surface area contributed by atoms with Gasteiger partial charge in [0.2, 0.25) is 0 Å². The van der Waals surface area contributed by atoms with Gasteiger partial charge in [0.25, 0.3) is 0 Å². The molecule has 0 aliphatic carbocycles. The molecule has 0 aliphatic rings. The zero-order chi connectivity index (χ0) is 15.6. The molecule has 0 atom stereocenters. The van der Waals surface area contributed by atoms with Crippen LogP contribution in [0.5, 0.6) is 5.75 Å². The third-order valence-electron chi connectivity index (χ3n) is 2.79. The number of hydrogen-bond donors (Lipinski definition) is 0. The summed E-state index contributed by atoms with van der Waals surface area (Å²) in [6, 6.07) is 6.64. The van der Waals surface area contributed by atoms with Gasteiger partial charge < -0.3 is 13.7 Å². The Kier molecular flexibility index (Phi) is 5.22. The molecular weight excluding hydrogens is 248 g/mol. The Hall–Kier alpha value is -1.06. The third kappa shape index (κ3) is 6.40. The molecule has 0 heterocycles. The van der Waals surface area contributed by atoms with Gasteiger partial charge in [0, 0.05) is 11.1 Å². The van der Waals surface area contributed by atoms with Crippen LogP contribution in [0.15, 0.2) is 18.2 Å². The average Bonchev–Trinajstić information content (AvgIpc) is 2.16. The molecule has 1 rings (SSSR count). The van der Waals surface area contributed by atoms with Crippen molar-refractivity contribution in [2.75, 3.05) is 42.3 Å². The van der Waals surface area contributed by atoms with Gasteiger partial charge in [0.15, 0.2) is 0 Å². The topological polar surface area (TPSA) is 9.23 Å². The van der Waals surface area contributed by atoms with Crippen molar-refractivity contribution in [3.8, 4) is 5.75 Å². The summed E-state index contributed by atoms with van der Waals surface area (Å²) in [6.07, 6.45) is 0.213. The molecule has 0 saturated carbocycles. The lowest BCUT2D eigenvalue weighted by molar-refractivity contribution is -0.884. The highest BCUT2D eigenvalue weighted by Gasteiger charge is 2.17. The number of rotatable bonds is 6. The van der Waals surface area contributed by atoms with E-state index in [2.05, 4.69) is 74.3 Å². The van der Waals surface area contributed by atoms with Gasteiger partial charge in [-0.15, -0.1) is 0 Å². The first-order valence-corrected chi connectivity index (χ1v) is 7.36. The molecule has 0 fully saturated rings.